The van der Waals surface area contributed by atoms with Crippen LogP contribution in [0.25, 0.3) is 55.0 Å². The molecule has 182 valence electrons. The number of nitrogens with zero attached hydrogens (tertiary/aromatic N) is 4. The zero-order valence-electron chi connectivity index (χ0n) is 20.1. The minimum Gasteiger partial charge on any atom is -0.352 e. The van der Waals surface area contributed by atoms with E-state index in [1.807, 2.05) is 30.6 Å². The van der Waals surface area contributed by atoms with Crippen LogP contribution >= 0.6 is 11.3 Å². The van der Waals surface area contributed by atoms with Gasteiger partial charge in [-0.3, -0.25) is 19.9 Å². The van der Waals surface area contributed by atoms with Gasteiger partial charge in [-0.25, -0.2) is 4.98 Å². The molecule has 7 rings (SSSR count). The first kappa shape index (κ1) is 21.9. The zero-order valence-corrected chi connectivity index (χ0v) is 20.9. The monoisotopic (exact) mass is 505 g/mol. The molecule has 6 heterocycles. The number of hydrogen-bond acceptors (Lipinski definition) is 6. The molecule has 0 bridgehead atoms. The Balaban J connectivity index is 1.26. The average Bonchev–Trinajstić information content (AvgIpc) is 3.60. The van der Waals surface area contributed by atoms with Gasteiger partial charge in [0.05, 0.1) is 40.5 Å². The van der Waals surface area contributed by atoms with E-state index in [9.17, 15) is 4.79 Å². The van der Waals surface area contributed by atoms with Crippen LogP contribution in [0.4, 0.5) is 5.69 Å². The number of nitrogens with one attached hydrogen (secondary N) is 3. The predicted molar refractivity (Wildman–Crippen MR) is 146 cm³/mol. The van der Waals surface area contributed by atoms with Crippen molar-refractivity contribution in [3.05, 3.63) is 66.1 Å². The summed E-state index contributed by atoms with van der Waals surface area (Å²) >= 11 is 1.76. The van der Waals surface area contributed by atoms with Gasteiger partial charge in [-0.15, -0.1) is 11.3 Å². The normalized spacial score (nSPS) is 13.8. The number of amides is 1. The second kappa shape index (κ2) is 8.63. The molecular formula is C28H23N7OS. The molecule has 37 heavy (non-hydrogen) atoms. The number of aromatic nitrogens is 6. The number of pyridine rings is 3. The fourth-order valence-electron chi connectivity index (χ4n) is 4.76. The molecule has 1 amide bonds. The summed E-state index contributed by atoms with van der Waals surface area (Å²) in [6.07, 6.45) is 10.2. The number of hydrogen-bond donors (Lipinski definition) is 3. The highest BCUT2D eigenvalue weighted by Crippen LogP contribution is 2.36. The first-order chi connectivity index (χ1) is 18.1. The molecule has 0 aromatic carbocycles. The van der Waals surface area contributed by atoms with Crippen LogP contribution in [0.2, 0.25) is 0 Å². The van der Waals surface area contributed by atoms with Gasteiger partial charge in [0.1, 0.15) is 11.2 Å². The van der Waals surface area contributed by atoms with Crippen LogP contribution in [0.5, 0.6) is 0 Å². The second-order valence-corrected chi connectivity index (χ2v) is 10.8. The van der Waals surface area contributed by atoms with Crippen molar-refractivity contribution in [2.45, 2.75) is 26.2 Å². The van der Waals surface area contributed by atoms with Gasteiger partial charge in [-0.05, 0) is 56.2 Å². The summed E-state index contributed by atoms with van der Waals surface area (Å²) in [6.45, 7) is 2.11. The average molecular weight is 506 g/mol. The molecule has 0 radical (unpaired) electrons. The van der Waals surface area contributed by atoms with Gasteiger partial charge in [0.15, 0.2) is 0 Å². The van der Waals surface area contributed by atoms with Gasteiger partial charge < -0.3 is 10.3 Å². The molecule has 3 N–H and O–H groups in total. The summed E-state index contributed by atoms with van der Waals surface area (Å²) < 4.78 is 0. The second-order valence-electron chi connectivity index (χ2n) is 9.49. The molecule has 9 heteroatoms. The number of carbonyl (C=O) groups excluding carboxylic acids is 1. The topological polar surface area (TPSA) is 112 Å². The maximum Gasteiger partial charge on any atom is 0.227 e. The molecule has 6 aromatic heterocycles. The zero-order chi connectivity index (χ0) is 24.9. The molecule has 1 saturated carbocycles. The van der Waals surface area contributed by atoms with Crippen molar-refractivity contribution < 1.29 is 4.79 Å². The molecule has 0 spiro atoms. The Labute approximate surface area is 216 Å². The maximum absolute atomic E-state index is 12.4. The summed E-state index contributed by atoms with van der Waals surface area (Å²) in [5.41, 5.74) is 7.52. The first-order valence-corrected chi connectivity index (χ1v) is 13.1. The molecule has 0 saturated heterocycles. The summed E-state index contributed by atoms with van der Waals surface area (Å²) in [5, 5.41) is 11.8. The van der Waals surface area contributed by atoms with Crippen LogP contribution in [-0.2, 0) is 4.79 Å². The fraction of sp³-hybridized carbons (Fsp3) is 0.179. The Morgan fingerprint density at radius 1 is 1.03 bits per heavy atom. The van der Waals surface area contributed by atoms with E-state index in [1.165, 1.54) is 9.75 Å². The van der Waals surface area contributed by atoms with E-state index in [0.29, 0.717) is 5.69 Å². The summed E-state index contributed by atoms with van der Waals surface area (Å²) in [6, 6.07) is 12.2. The molecule has 0 atom stereocenters. The van der Waals surface area contributed by atoms with Gasteiger partial charge in [0.2, 0.25) is 5.91 Å². The lowest BCUT2D eigenvalue weighted by Gasteiger charge is -2.24. The fourth-order valence-corrected chi connectivity index (χ4v) is 5.66. The van der Waals surface area contributed by atoms with Crippen molar-refractivity contribution in [2.24, 2.45) is 5.92 Å². The number of thiophene rings is 1. The van der Waals surface area contributed by atoms with Gasteiger partial charge >= 0.3 is 0 Å². The van der Waals surface area contributed by atoms with Crippen molar-refractivity contribution in [3.63, 3.8) is 0 Å². The van der Waals surface area contributed by atoms with Crippen LogP contribution in [0.1, 0.15) is 24.1 Å². The number of H-pyrrole nitrogens is 2. The quantitative estimate of drug-likeness (QED) is 0.253. The van der Waals surface area contributed by atoms with E-state index < -0.39 is 0 Å². The minimum atomic E-state index is 0.0658. The minimum absolute atomic E-state index is 0.0658. The Bertz CT molecular complexity index is 1790. The molecule has 0 unspecified atom stereocenters. The number of carbonyl (C=O) groups is 1. The number of fused-ring (bicyclic) bond motifs is 2. The van der Waals surface area contributed by atoms with Crippen LogP contribution < -0.4 is 5.32 Å². The third kappa shape index (κ3) is 3.88. The third-order valence-electron chi connectivity index (χ3n) is 6.99. The van der Waals surface area contributed by atoms with E-state index in [4.69, 9.17) is 4.98 Å². The van der Waals surface area contributed by atoms with Gasteiger partial charge in [-0.1, -0.05) is 6.42 Å². The SMILES string of the molecule is Cc1ccc(-c2cncc3[nH]c(-c4n[nH]c5ccc(-c6cncc(NC(=O)C7CCC7)c6)nc45)cc23)s1. The maximum atomic E-state index is 12.4. The van der Waals surface area contributed by atoms with E-state index >= 15 is 0 Å². The van der Waals surface area contributed by atoms with Crippen molar-refractivity contribution >= 4 is 44.9 Å². The summed E-state index contributed by atoms with van der Waals surface area (Å²) in [5.74, 6) is 0.179. The highest BCUT2D eigenvalue weighted by Gasteiger charge is 2.25. The Hall–Kier alpha value is -4.37. The molecular weight excluding hydrogens is 482 g/mol. The molecule has 1 aliphatic carbocycles. The third-order valence-corrected chi connectivity index (χ3v) is 8.03. The Morgan fingerprint density at radius 3 is 2.73 bits per heavy atom. The standard InChI is InChI=1S/C28H23N7OS/c1-15-5-8-25(37-15)20-13-30-14-24-19(20)10-23(32-24)27-26-22(34-35-27)7-6-21(33-26)17-9-18(12-29-11-17)31-28(36)16-3-2-4-16/h5-14,16,32H,2-4H2,1H3,(H,31,36)(H,34,35). The van der Waals surface area contributed by atoms with Gasteiger partial charge in [0.25, 0.3) is 0 Å². The lowest BCUT2D eigenvalue weighted by molar-refractivity contribution is -0.122. The molecule has 1 fully saturated rings. The molecule has 0 aliphatic heterocycles. The lowest BCUT2D eigenvalue weighted by Crippen LogP contribution is -2.28. The smallest absolute Gasteiger partial charge is 0.227 e. The van der Waals surface area contributed by atoms with Crippen molar-refractivity contribution in [3.8, 4) is 33.1 Å². The Morgan fingerprint density at radius 2 is 1.92 bits per heavy atom. The predicted octanol–water partition coefficient (Wildman–Crippen LogP) is 6.34. The molecule has 8 nitrogen and oxygen atoms in total. The van der Waals surface area contributed by atoms with Crippen LogP contribution in [-0.4, -0.2) is 36.0 Å². The highest BCUT2D eigenvalue weighted by molar-refractivity contribution is 7.15. The van der Waals surface area contributed by atoms with Crippen molar-refractivity contribution in [1.82, 2.24) is 30.1 Å². The Kier molecular flexibility index (Phi) is 5.10. The van der Waals surface area contributed by atoms with E-state index in [2.05, 4.69) is 55.6 Å². The summed E-state index contributed by atoms with van der Waals surface area (Å²) in [4.78, 5) is 32.1. The lowest BCUT2D eigenvalue weighted by atomic mass is 9.85. The number of aromatic amines is 2. The van der Waals surface area contributed by atoms with Crippen molar-refractivity contribution in [2.75, 3.05) is 5.32 Å². The van der Waals surface area contributed by atoms with Crippen LogP contribution in [0, 0.1) is 12.8 Å². The van der Waals surface area contributed by atoms with E-state index in [-0.39, 0.29) is 11.8 Å². The van der Waals surface area contributed by atoms with E-state index in [1.54, 1.807) is 23.7 Å². The number of aryl methyl sites for hydroxylation is 1. The van der Waals surface area contributed by atoms with Crippen LogP contribution in [0.15, 0.2) is 61.2 Å². The molecule has 1 aliphatic rings. The highest BCUT2D eigenvalue weighted by atomic mass is 32.1. The first-order valence-electron chi connectivity index (χ1n) is 12.3. The number of rotatable bonds is 5. The van der Waals surface area contributed by atoms with Crippen molar-refractivity contribution in [1.29, 1.82) is 0 Å². The number of anilines is 1. The van der Waals surface area contributed by atoms with Crippen LogP contribution in [0.3, 0.4) is 0 Å². The summed E-state index contributed by atoms with van der Waals surface area (Å²) in [7, 11) is 0. The molecule has 6 aromatic rings. The van der Waals surface area contributed by atoms with Gasteiger partial charge in [-0.2, -0.15) is 5.10 Å². The van der Waals surface area contributed by atoms with E-state index in [0.717, 1.165) is 69.4 Å². The largest absolute Gasteiger partial charge is 0.352 e. The van der Waals surface area contributed by atoms with Gasteiger partial charge in [0, 0.05) is 44.6 Å².